The van der Waals surface area contributed by atoms with Crippen LogP contribution < -0.4 is 0 Å². The first-order valence-corrected chi connectivity index (χ1v) is 7.26. The van der Waals surface area contributed by atoms with Gasteiger partial charge in [-0.1, -0.05) is 36.4 Å². The first kappa shape index (κ1) is 13.8. The largest absolute Gasteiger partial charge is 0.390 e. The van der Waals surface area contributed by atoms with Gasteiger partial charge in [-0.2, -0.15) is 0 Å². The number of hydrogen-bond donors (Lipinski definition) is 2. The summed E-state index contributed by atoms with van der Waals surface area (Å²) < 4.78 is 6.14. The van der Waals surface area contributed by atoms with Crippen LogP contribution in [0.4, 0.5) is 0 Å². The van der Waals surface area contributed by atoms with Gasteiger partial charge in [0.1, 0.15) is 6.10 Å². The monoisotopic (exact) mass is 274 g/mol. The van der Waals surface area contributed by atoms with Crippen LogP contribution in [0, 0.1) is 5.92 Å². The molecule has 3 heteroatoms. The molecule has 1 aliphatic carbocycles. The molecule has 0 aromatic heterocycles. The average Bonchev–Trinajstić information content (AvgIpc) is 2.43. The van der Waals surface area contributed by atoms with Crippen LogP contribution in [0.25, 0.3) is 0 Å². The number of rotatable bonds is 1. The third kappa shape index (κ3) is 2.30. The zero-order valence-electron chi connectivity index (χ0n) is 12.0. The van der Waals surface area contributed by atoms with E-state index in [0.29, 0.717) is 6.42 Å². The number of allylic oxidation sites excluding steroid dienone is 1. The van der Waals surface area contributed by atoms with Crippen molar-refractivity contribution < 1.29 is 14.9 Å². The Morgan fingerprint density at radius 1 is 1.25 bits per heavy atom. The summed E-state index contributed by atoms with van der Waals surface area (Å²) >= 11 is 0. The maximum absolute atomic E-state index is 10.8. The van der Waals surface area contributed by atoms with E-state index in [1.807, 2.05) is 50.3 Å². The molecule has 1 fully saturated rings. The highest BCUT2D eigenvalue weighted by Gasteiger charge is 2.49. The van der Waals surface area contributed by atoms with E-state index in [1.165, 1.54) is 0 Å². The van der Waals surface area contributed by atoms with Crippen molar-refractivity contribution in [1.29, 1.82) is 0 Å². The maximum Gasteiger partial charge on any atom is 0.101 e. The molecule has 3 rings (SSSR count). The van der Waals surface area contributed by atoms with Gasteiger partial charge < -0.3 is 14.9 Å². The van der Waals surface area contributed by atoms with Gasteiger partial charge in [-0.3, -0.25) is 0 Å². The number of benzene rings is 1. The summed E-state index contributed by atoms with van der Waals surface area (Å²) in [6, 6.07) is 9.94. The third-order valence-corrected chi connectivity index (χ3v) is 4.76. The van der Waals surface area contributed by atoms with Crippen molar-refractivity contribution in [2.24, 2.45) is 5.92 Å². The molecule has 1 aliphatic heterocycles. The number of aliphatic hydroxyl groups excluding tert-OH is 1. The van der Waals surface area contributed by atoms with E-state index < -0.39 is 11.7 Å². The molecular formula is C17H22O3. The highest BCUT2D eigenvalue weighted by molar-refractivity contribution is 5.22. The number of hydrogen-bond acceptors (Lipinski definition) is 3. The number of fused-ring (bicyclic) bond motifs is 1. The second kappa shape index (κ2) is 4.99. The molecule has 5 atom stereocenters. The van der Waals surface area contributed by atoms with Crippen molar-refractivity contribution in [2.45, 2.75) is 50.6 Å². The Bertz CT molecular complexity index is 506. The van der Waals surface area contributed by atoms with Crippen molar-refractivity contribution in [1.82, 2.24) is 0 Å². The minimum Gasteiger partial charge on any atom is -0.390 e. The van der Waals surface area contributed by atoms with E-state index in [-0.39, 0.29) is 18.1 Å². The van der Waals surface area contributed by atoms with Gasteiger partial charge in [-0.15, -0.1) is 0 Å². The molecule has 20 heavy (non-hydrogen) atoms. The SMILES string of the molecule is CC1=CC[C@@H]2[C@@H](OC(c3ccccc3)CC2(C)O)[C@@H]1O. The van der Waals surface area contributed by atoms with Crippen LogP contribution in [-0.2, 0) is 4.74 Å². The molecule has 108 valence electrons. The van der Waals surface area contributed by atoms with Gasteiger partial charge in [0.25, 0.3) is 0 Å². The molecule has 0 radical (unpaired) electrons. The van der Waals surface area contributed by atoms with Crippen LogP contribution in [0.1, 0.15) is 38.4 Å². The van der Waals surface area contributed by atoms with E-state index >= 15 is 0 Å². The van der Waals surface area contributed by atoms with Gasteiger partial charge in [-0.25, -0.2) is 0 Å². The van der Waals surface area contributed by atoms with Gasteiger partial charge in [0, 0.05) is 12.3 Å². The smallest absolute Gasteiger partial charge is 0.101 e. The minimum atomic E-state index is -0.818. The van der Waals surface area contributed by atoms with E-state index in [0.717, 1.165) is 17.6 Å². The lowest BCUT2D eigenvalue weighted by Gasteiger charge is -2.49. The van der Waals surface area contributed by atoms with E-state index in [4.69, 9.17) is 4.74 Å². The first-order chi connectivity index (χ1) is 9.49. The Kier molecular flexibility index (Phi) is 3.44. The predicted molar refractivity (Wildman–Crippen MR) is 77.2 cm³/mol. The maximum atomic E-state index is 10.8. The van der Waals surface area contributed by atoms with Crippen molar-refractivity contribution >= 4 is 0 Å². The molecule has 2 aliphatic rings. The normalized spacial score (nSPS) is 40.9. The number of ether oxygens (including phenoxy) is 1. The van der Waals surface area contributed by atoms with Gasteiger partial charge in [0.05, 0.1) is 17.8 Å². The van der Waals surface area contributed by atoms with E-state index in [1.54, 1.807) is 0 Å². The summed E-state index contributed by atoms with van der Waals surface area (Å²) in [5.74, 6) is -0.0406. The van der Waals surface area contributed by atoms with Crippen LogP contribution in [0.5, 0.6) is 0 Å². The fraction of sp³-hybridized carbons (Fsp3) is 0.529. The van der Waals surface area contributed by atoms with Crippen molar-refractivity contribution in [3.63, 3.8) is 0 Å². The Morgan fingerprint density at radius 3 is 2.65 bits per heavy atom. The second-order valence-electron chi connectivity index (χ2n) is 6.30. The van der Waals surface area contributed by atoms with Crippen LogP contribution in [0.3, 0.4) is 0 Å². The Labute approximate surface area is 119 Å². The molecule has 2 N–H and O–H groups in total. The Balaban J connectivity index is 1.91. The van der Waals surface area contributed by atoms with Crippen LogP contribution in [0.2, 0.25) is 0 Å². The summed E-state index contributed by atoms with van der Waals surface area (Å²) in [5, 5.41) is 21.2. The number of aliphatic hydroxyl groups is 2. The lowest BCUT2D eigenvalue weighted by molar-refractivity contribution is -0.206. The molecule has 0 bridgehead atoms. The predicted octanol–water partition coefficient (Wildman–Crippen LogP) is 2.59. The molecule has 1 heterocycles. The fourth-order valence-electron chi connectivity index (χ4n) is 3.45. The molecule has 0 spiro atoms. The summed E-state index contributed by atoms with van der Waals surface area (Å²) in [7, 11) is 0. The topological polar surface area (TPSA) is 49.7 Å². The summed E-state index contributed by atoms with van der Waals surface area (Å²) in [5.41, 5.74) is 1.18. The molecule has 1 aromatic carbocycles. The van der Waals surface area contributed by atoms with Crippen molar-refractivity contribution in [3.05, 3.63) is 47.5 Å². The standard InChI is InChI=1S/C17H22O3/c1-11-8-9-13-16(15(11)18)20-14(10-17(13,2)19)12-6-4-3-5-7-12/h3-8,13-16,18-19H,9-10H2,1-2H3/t13-,14?,15-,16-,17?/m1/s1. The quantitative estimate of drug-likeness (QED) is 0.774. The van der Waals surface area contributed by atoms with Crippen LogP contribution >= 0.6 is 0 Å². The summed E-state index contributed by atoms with van der Waals surface area (Å²) in [6.07, 6.45) is 2.25. The molecule has 3 nitrogen and oxygen atoms in total. The van der Waals surface area contributed by atoms with Crippen molar-refractivity contribution in [3.8, 4) is 0 Å². The Hall–Kier alpha value is -1.16. The summed E-state index contributed by atoms with van der Waals surface area (Å²) in [4.78, 5) is 0. The zero-order valence-corrected chi connectivity index (χ0v) is 12.0. The average molecular weight is 274 g/mol. The molecule has 1 aromatic rings. The molecule has 0 amide bonds. The van der Waals surface area contributed by atoms with E-state index in [9.17, 15) is 10.2 Å². The van der Waals surface area contributed by atoms with Crippen LogP contribution in [0.15, 0.2) is 42.0 Å². The highest BCUT2D eigenvalue weighted by Crippen LogP contribution is 2.46. The lowest BCUT2D eigenvalue weighted by atomic mass is 9.70. The third-order valence-electron chi connectivity index (χ3n) is 4.76. The molecule has 0 saturated carbocycles. The van der Waals surface area contributed by atoms with Gasteiger partial charge in [0.15, 0.2) is 0 Å². The molecule has 1 saturated heterocycles. The highest BCUT2D eigenvalue weighted by atomic mass is 16.5. The zero-order chi connectivity index (χ0) is 14.3. The van der Waals surface area contributed by atoms with Gasteiger partial charge >= 0.3 is 0 Å². The molecule has 2 unspecified atom stereocenters. The van der Waals surface area contributed by atoms with Gasteiger partial charge in [0.2, 0.25) is 0 Å². The van der Waals surface area contributed by atoms with Crippen LogP contribution in [-0.4, -0.2) is 28.0 Å². The molecular weight excluding hydrogens is 252 g/mol. The van der Waals surface area contributed by atoms with Gasteiger partial charge in [-0.05, 0) is 31.4 Å². The second-order valence-corrected chi connectivity index (χ2v) is 6.30. The fourth-order valence-corrected chi connectivity index (χ4v) is 3.45. The van der Waals surface area contributed by atoms with Crippen molar-refractivity contribution in [2.75, 3.05) is 0 Å². The summed E-state index contributed by atoms with van der Waals surface area (Å²) in [6.45, 7) is 3.79. The Morgan fingerprint density at radius 2 is 1.95 bits per heavy atom. The first-order valence-electron chi connectivity index (χ1n) is 7.26. The minimum absolute atomic E-state index is 0.0406. The lowest BCUT2D eigenvalue weighted by Crippen LogP contribution is -2.55. The van der Waals surface area contributed by atoms with E-state index in [2.05, 4.69) is 0 Å².